The SMILES string of the molecule is Cc1nc(C)c(CNCc2cccnc2N2CCOCC2)nc1C. The lowest BCUT2D eigenvalue weighted by molar-refractivity contribution is 0.122. The first-order valence-electron chi connectivity index (χ1n) is 8.43. The van der Waals surface area contributed by atoms with Gasteiger partial charge in [0.15, 0.2) is 0 Å². The van der Waals surface area contributed by atoms with Crippen molar-refractivity contribution < 1.29 is 4.74 Å². The van der Waals surface area contributed by atoms with Crippen molar-refractivity contribution >= 4 is 5.82 Å². The molecule has 2 aromatic rings. The molecule has 0 amide bonds. The van der Waals surface area contributed by atoms with Crippen LogP contribution in [0, 0.1) is 20.8 Å². The summed E-state index contributed by atoms with van der Waals surface area (Å²) < 4.78 is 5.43. The Bertz CT molecular complexity index is 698. The lowest BCUT2D eigenvalue weighted by atomic mass is 10.2. The third kappa shape index (κ3) is 3.88. The van der Waals surface area contributed by atoms with Gasteiger partial charge in [0, 0.05) is 37.9 Å². The van der Waals surface area contributed by atoms with Gasteiger partial charge in [0.25, 0.3) is 0 Å². The number of pyridine rings is 1. The molecule has 1 N–H and O–H groups in total. The van der Waals surface area contributed by atoms with Crippen LogP contribution in [0.5, 0.6) is 0 Å². The van der Waals surface area contributed by atoms with Crippen molar-refractivity contribution in [3.05, 3.63) is 46.7 Å². The number of nitrogens with one attached hydrogen (secondary N) is 1. The topological polar surface area (TPSA) is 63.2 Å². The van der Waals surface area contributed by atoms with E-state index in [9.17, 15) is 0 Å². The summed E-state index contributed by atoms with van der Waals surface area (Å²) in [5, 5.41) is 3.48. The minimum absolute atomic E-state index is 0.706. The predicted molar refractivity (Wildman–Crippen MR) is 94.1 cm³/mol. The average molecular weight is 327 g/mol. The van der Waals surface area contributed by atoms with Gasteiger partial charge in [-0.15, -0.1) is 0 Å². The molecule has 1 fully saturated rings. The lowest BCUT2D eigenvalue weighted by Crippen LogP contribution is -2.37. The average Bonchev–Trinajstić information content (AvgIpc) is 2.60. The molecule has 1 aliphatic rings. The molecule has 3 heterocycles. The molecule has 0 radical (unpaired) electrons. The largest absolute Gasteiger partial charge is 0.378 e. The number of ether oxygens (including phenoxy) is 1. The number of morpholine rings is 1. The van der Waals surface area contributed by atoms with E-state index in [2.05, 4.69) is 31.2 Å². The van der Waals surface area contributed by atoms with Crippen LogP contribution in [0.15, 0.2) is 18.3 Å². The Morgan fingerprint density at radius 2 is 1.79 bits per heavy atom. The van der Waals surface area contributed by atoms with Crippen molar-refractivity contribution in [1.29, 1.82) is 0 Å². The molecule has 0 aliphatic carbocycles. The second-order valence-electron chi connectivity index (χ2n) is 6.12. The molecule has 3 rings (SSSR count). The van der Waals surface area contributed by atoms with Crippen molar-refractivity contribution in [3.63, 3.8) is 0 Å². The zero-order chi connectivity index (χ0) is 16.9. The predicted octanol–water partition coefficient (Wildman–Crippen LogP) is 1.92. The standard InChI is InChI=1S/C18H25N5O/c1-13-14(2)22-17(15(3)21-13)12-19-11-16-5-4-6-20-18(16)23-7-9-24-10-8-23/h4-6,19H,7-12H2,1-3H3. The zero-order valence-corrected chi connectivity index (χ0v) is 14.7. The summed E-state index contributed by atoms with van der Waals surface area (Å²) in [6.45, 7) is 10.8. The Kier molecular flexibility index (Phi) is 5.37. The molecular formula is C18H25N5O. The van der Waals surface area contributed by atoms with E-state index >= 15 is 0 Å². The molecule has 2 aromatic heterocycles. The van der Waals surface area contributed by atoms with Gasteiger partial charge in [0.05, 0.1) is 36.0 Å². The van der Waals surface area contributed by atoms with Crippen molar-refractivity contribution in [2.45, 2.75) is 33.9 Å². The van der Waals surface area contributed by atoms with E-state index < -0.39 is 0 Å². The van der Waals surface area contributed by atoms with Crippen LogP contribution >= 0.6 is 0 Å². The van der Waals surface area contributed by atoms with E-state index in [-0.39, 0.29) is 0 Å². The fourth-order valence-corrected chi connectivity index (χ4v) is 2.87. The van der Waals surface area contributed by atoms with E-state index in [1.807, 2.05) is 33.0 Å². The Balaban J connectivity index is 1.66. The van der Waals surface area contributed by atoms with Crippen LogP contribution < -0.4 is 10.2 Å². The molecule has 0 aromatic carbocycles. The fourth-order valence-electron chi connectivity index (χ4n) is 2.87. The first kappa shape index (κ1) is 16.8. The number of rotatable bonds is 5. The number of nitrogens with zero attached hydrogens (tertiary/aromatic N) is 4. The second-order valence-corrected chi connectivity index (χ2v) is 6.12. The van der Waals surface area contributed by atoms with Crippen molar-refractivity contribution in [3.8, 4) is 0 Å². The summed E-state index contributed by atoms with van der Waals surface area (Å²) in [6.07, 6.45) is 1.85. The van der Waals surface area contributed by atoms with Crippen LogP contribution in [0.4, 0.5) is 5.82 Å². The number of hydrogen-bond donors (Lipinski definition) is 1. The second kappa shape index (κ2) is 7.68. The molecule has 6 heteroatoms. The van der Waals surface area contributed by atoms with E-state index in [1.165, 1.54) is 5.56 Å². The first-order valence-corrected chi connectivity index (χ1v) is 8.43. The van der Waals surface area contributed by atoms with Crippen LogP contribution in [0.3, 0.4) is 0 Å². The molecule has 128 valence electrons. The number of aromatic nitrogens is 3. The van der Waals surface area contributed by atoms with Crippen molar-refractivity contribution in [2.75, 3.05) is 31.2 Å². The summed E-state index contributed by atoms with van der Waals surface area (Å²) >= 11 is 0. The van der Waals surface area contributed by atoms with Gasteiger partial charge in [-0.05, 0) is 26.8 Å². The first-order chi connectivity index (χ1) is 11.6. The molecular weight excluding hydrogens is 302 g/mol. The van der Waals surface area contributed by atoms with Gasteiger partial charge in [-0.3, -0.25) is 9.97 Å². The molecule has 0 spiro atoms. The minimum Gasteiger partial charge on any atom is -0.378 e. The Morgan fingerprint density at radius 3 is 2.58 bits per heavy atom. The smallest absolute Gasteiger partial charge is 0.133 e. The van der Waals surface area contributed by atoms with Gasteiger partial charge in [-0.1, -0.05) is 6.07 Å². The van der Waals surface area contributed by atoms with Crippen LogP contribution in [0.1, 0.15) is 28.3 Å². The molecule has 24 heavy (non-hydrogen) atoms. The summed E-state index contributed by atoms with van der Waals surface area (Å²) in [5.74, 6) is 1.05. The fraction of sp³-hybridized carbons (Fsp3) is 0.500. The Morgan fingerprint density at radius 1 is 1.04 bits per heavy atom. The lowest BCUT2D eigenvalue weighted by Gasteiger charge is -2.29. The van der Waals surface area contributed by atoms with Gasteiger partial charge in [-0.2, -0.15) is 0 Å². The highest BCUT2D eigenvalue weighted by atomic mass is 16.5. The third-order valence-electron chi connectivity index (χ3n) is 4.37. The summed E-state index contributed by atoms with van der Waals surface area (Å²) in [5.41, 5.74) is 5.19. The van der Waals surface area contributed by atoms with E-state index in [1.54, 1.807) is 0 Å². The Hall–Kier alpha value is -2.05. The normalized spacial score (nSPS) is 14.9. The number of hydrogen-bond acceptors (Lipinski definition) is 6. The number of aryl methyl sites for hydroxylation is 3. The summed E-state index contributed by atoms with van der Waals surface area (Å²) in [6, 6.07) is 4.12. The molecule has 1 saturated heterocycles. The van der Waals surface area contributed by atoms with Gasteiger partial charge >= 0.3 is 0 Å². The molecule has 1 aliphatic heterocycles. The minimum atomic E-state index is 0.706. The highest BCUT2D eigenvalue weighted by Gasteiger charge is 2.15. The Labute approximate surface area is 143 Å². The van der Waals surface area contributed by atoms with E-state index in [0.717, 1.165) is 61.4 Å². The maximum absolute atomic E-state index is 5.43. The third-order valence-corrected chi connectivity index (χ3v) is 4.37. The number of anilines is 1. The van der Waals surface area contributed by atoms with Gasteiger partial charge in [0.1, 0.15) is 5.82 Å². The molecule has 6 nitrogen and oxygen atoms in total. The molecule has 0 atom stereocenters. The zero-order valence-electron chi connectivity index (χ0n) is 14.7. The van der Waals surface area contributed by atoms with Gasteiger partial charge < -0.3 is 15.0 Å². The van der Waals surface area contributed by atoms with E-state index in [4.69, 9.17) is 4.74 Å². The van der Waals surface area contributed by atoms with Crippen molar-refractivity contribution in [1.82, 2.24) is 20.3 Å². The van der Waals surface area contributed by atoms with Gasteiger partial charge in [-0.25, -0.2) is 4.98 Å². The highest BCUT2D eigenvalue weighted by Crippen LogP contribution is 2.18. The molecule has 0 bridgehead atoms. The maximum atomic E-state index is 5.43. The van der Waals surface area contributed by atoms with Crippen LogP contribution in [0.2, 0.25) is 0 Å². The monoisotopic (exact) mass is 327 g/mol. The van der Waals surface area contributed by atoms with Gasteiger partial charge in [0.2, 0.25) is 0 Å². The quantitative estimate of drug-likeness (QED) is 0.905. The van der Waals surface area contributed by atoms with Crippen molar-refractivity contribution in [2.24, 2.45) is 0 Å². The highest BCUT2D eigenvalue weighted by molar-refractivity contribution is 5.47. The van der Waals surface area contributed by atoms with Crippen LogP contribution in [0.25, 0.3) is 0 Å². The summed E-state index contributed by atoms with van der Waals surface area (Å²) in [4.78, 5) is 16.1. The summed E-state index contributed by atoms with van der Waals surface area (Å²) in [7, 11) is 0. The van der Waals surface area contributed by atoms with Crippen LogP contribution in [-0.4, -0.2) is 41.3 Å². The van der Waals surface area contributed by atoms with E-state index in [0.29, 0.717) is 6.54 Å². The van der Waals surface area contributed by atoms with Crippen LogP contribution in [-0.2, 0) is 17.8 Å². The molecule has 0 unspecified atom stereocenters. The molecule has 0 saturated carbocycles. The maximum Gasteiger partial charge on any atom is 0.133 e.